The first-order chi connectivity index (χ1) is 8.25. The van der Waals surface area contributed by atoms with Gasteiger partial charge in [-0.25, -0.2) is 4.39 Å². The van der Waals surface area contributed by atoms with Crippen molar-refractivity contribution >= 4 is 0 Å². The highest BCUT2D eigenvalue weighted by atomic mass is 19.2. The van der Waals surface area contributed by atoms with E-state index in [1.54, 1.807) is 0 Å². The van der Waals surface area contributed by atoms with E-state index in [-0.39, 0.29) is 5.75 Å². The molecule has 0 unspecified atom stereocenters. The van der Waals surface area contributed by atoms with E-state index in [1.165, 1.54) is 37.8 Å². The van der Waals surface area contributed by atoms with Gasteiger partial charge in [0.1, 0.15) is 0 Å². The van der Waals surface area contributed by atoms with Crippen molar-refractivity contribution in [3.05, 3.63) is 29.8 Å². The quantitative estimate of drug-likeness (QED) is 0.600. The molecule has 0 aliphatic rings. The maximum atomic E-state index is 13.2. The number of unbranched alkanes of at least 4 members (excludes halogenated alkanes) is 5. The minimum absolute atomic E-state index is 0.0126. The van der Waals surface area contributed by atoms with Gasteiger partial charge in [0.25, 0.3) is 0 Å². The van der Waals surface area contributed by atoms with E-state index >= 15 is 0 Å². The van der Waals surface area contributed by atoms with E-state index in [1.807, 2.05) is 0 Å². The predicted octanol–water partition coefficient (Wildman–Crippen LogP) is 4.70. The van der Waals surface area contributed by atoms with Gasteiger partial charge in [-0.2, -0.15) is 4.39 Å². The SMILES string of the molecule is CCCCCCCCOc1cccc(F)c1F. The third-order valence-electron chi connectivity index (χ3n) is 2.67. The lowest BCUT2D eigenvalue weighted by molar-refractivity contribution is 0.285. The number of ether oxygens (including phenoxy) is 1. The van der Waals surface area contributed by atoms with Gasteiger partial charge in [0.15, 0.2) is 11.6 Å². The van der Waals surface area contributed by atoms with Crippen molar-refractivity contribution in [2.75, 3.05) is 6.61 Å². The van der Waals surface area contributed by atoms with Crippen LogP contribution < -0.4 is 4.74 Å². The van der Waals surface area contributed by atoms with Crippen LogP contribution in [0.1, 0.15) is 45.4 Å². The van der Waals surface area contributed by atoms with E-state index in [0.29, 0.717) is 6.61 Å². The van der Waals surface area contributed by atoms with Crippen LogP contribution in [0.25, 0.3) is 0 Å². The maximum Gasteiger partial charge on any atom is 0.200 e. The Labute approximate surface area is 102 Å². The van der Waals surface area contributed by atoms with Gasteiger partial charge in [0, 0.05) is 0 Å². The van der Waals surface area contributed by atoms with E-state index in [2.05, 4.69) is 6.92 Å². The minimum Gasteiger partial charge on any atom is -0.490 e. The molecule has 0 N–H and O–H groups in total. The summed E-state index contributed by atoms with van der Waals surface area (Å²) in [6, 6.07) is 4.00. The molecule has 0 aliphatic carbocycles. The summed E-state index contributed by atoms with van der Waals surface area (Å²) in [6.45, 7) is 2.63. The number of benzene rings is 1. The first-order valence-corrected chi connectivity index (χ1v) is 6.32. The summed E-state index contributed by atoms with van der Waals surface area (Å²) in [5.41, 5.74) is 0. The van der Waals surface area contributed by atoms with Gasteiger partial charge >= 0.3 is 0 Å². The Balaban J connectivity index is 2.16. The summed E-state index contributed by atoms with van der Waals surface area (Å²) >= 11 is 0. The molecule has 0 spiro atoms. The van der Waals surface area contributed by atoms with Crippen molar-refractivity contribution in [3.8, 4) is 5.75 Å². The summed E-state index contributed by atoms with van der Waals surface area (Å²) in [6.07, 6.45) is 6.88. The van der Waals surface area contributed by atoms with Crippen LogP contribution in [-0.2, 0) is 0 Å². The van der Waals surface area contributed by atoms with Crippen molar-refractivity contribution in [1.82, 2.24) is 0 Å². The Morgan fingerprint density at radius 2 is 1.71 bits per heavy atom. The Morgan fingerprint density at radius 3 is 2.47 bits per heavy atom. The maximum absolute atomic E-state index is 13.2. The largest absolute Gasteiger partial charge is 0.490 e. The molecular weight excluding hydrogens is 222 g/mol. The molecule has 0 aromatic heterocycles. The van der Waals surface area contributed by atoms with Gasteiger partial charge in [-0.15, -0.1) is 0 Å². The molecule has 0 heterocycles. The highest BCUT2D eigenvalue weighted by molar-refractivity contribution is 5.24. The molecule has 3 heteroatoms. The molecule has 0 amide bonds. The highest BCUT2D eigenvalue weighted by Crippen LogP contribution is 2.19. The smallest absolute Gasteiger partial charge is 0.200 e. The first-order valence-electron chi connectivity index (χ1n) is 6.32. The Bertz CT molecular complexity index is 326. The molecule has 1 aromatic rings. The van der Waals surface area contributed by atoms with Gasteiger partial charge in [-0.05, 0) is 18.6 Å². The van der Waals surface area contributed by atoms with Crippen molar-refractivity contribution in [2.45, 2.75) is 45.4 Å². The zero-order valence-corrected chi connectivity index (χ0v) is 10.3. The van der Waals surface area contributed by atoms with Gasteiger partial charge < -0.3 is 4.74 Å². The van der Waals surface area contributed by atoms with E-state index in [9.17, 15) is 8.78 Å². The summed E-state index contributed by atoms with van der Waals surface area (Å²) < 4.78 is 31.2. The fourth-order valence-electron chi connectivity index (χ4n) is 1.66. The van der Waals surface area contributed by atoms with Crippen LogP contribution in [0.15, 0.2) is 18.2 Å². The summed E-state index contributed by atoms with van der Waals surface area (Å²) in [5, 5.41) is 0. The highest BCUT2D eigenvalue weighted by Gasteiger charge is 2.07. The third kappa shape index (κ3) is 5.16. The Morgan fingerprint density at radius 1 is 1.00 bits per heavy atom. The fourth-order valence-corrected chi connectivity index (χ4v) is 1.66. The van der Waals surface area contributed by atoms with Crippen LogP contribution in [0.5, 0.6) is 5.75 Å². The second-order valence-electron chi connectivity index (χ2n) is 4.17. The minimum atomic E-state index is -0.890. The van der Waals surface area contributed by atoms with Crippen LogP contribution in [0.4, 0.5) is 8.78 Å². The molecule has 0 saturated heterocycles. The summed E-state index contributed by atoms with van der Waals surface area (Å²) in [5.74, 6) is -1.73. The zero-order valence-electron chi connectivity index (χ0n) is 10.3. The van der Waals surface area contributed by atoms with Crippen molar-refractivity contribution in [1.29, 1.82) is 0 Å². The van der Waals surface area contributed by atoms with Crippen molar-refractivity contribution < 1.29 is 13.5 Å². The van der Waals surface area contributed by atoms with Crippen LogP contribution in [-0.4, -0.2) is 6.61 Å². The lowest BCUT2D eigenvalue weighted by Crippen LogP contribution is -2.00. The van der Waals surface area contributed by atoms with Crippen LogP contribution in [0.2, 0.25) is 0 Å². The second kappa shape index (κ2) is 8.04. The van der Waals surface area contributed by atoms with E-state index < -0.39 is 11.6 Å². The molecule has 1 aromatic carbocycles. The van der Waals surface area contributed by atoms with Crippen LogP contribution >= 0.6 is 0 Å². The second-order valence-corrected chi connectivity index (χ2v) is 4.17. The van der Waals surface area contributed by atoms with Gasteiger partial charge in [-0.3, -0.25) is 0 Å². The standard InChI is InChI=1S/C14H20F2O/c1-2-3-4-5-6-7-11-17-13-10-8-9-12(15)14(13)16/h8-10H,2-7,11H2,1H3. The number of hydrogen-bond acceptors (Lipinski definition) is 1. The summed E-state index contributed by atoms with van der Waals surface area (Å²) in [4.78, 5) is 0. The topological polar surface area (TPSA) is 9.23 Å². The molecule has 0 atom stereocenters. The summed E-state index contributed by atoms with van der Waals surface area (Å²) in [7, 11) is 0. The average Bonchev–Trinajstić information content (AvgIpc) is 2.33. The number of hydrogen-bond donors (Lipinski definition) is 0. The van der Waals surface area contributed by atoms with Gasteiger partial charge in [-0.1, -0.05) is 45.1 Å². The molecule has 1 rings (SSSR count). The van der Waals surface area contributed by atoms with Crippen LogP contribution in [0.3, 0.4) is 0 Å². The van der Waals surface area contributed by atoms with Gasteiger partial charge in [0.05, 0.1) is 6.61 Å². The Hall–Kier alpha value is -1.12. The molecular formula is C14H20F2O. The van der Waals surface area contributed by atoms with E-state index in [0.717, 1.165) is 18.9 Å². The number of halogens is 2. The first kappa shape index (κ1) is 13.9. The predicted molar refractivity (Wildman–Crippen MR) is 65.2 cm³/mol. The zero-order chi connectivity index (χ0) is 12.5. The molecule has 1 nitrogen and oxygen atoms in total. The van der Waals surface area contributed by atoms with Gasteiger partial charge in [0.2, 0.25) is 5.82 Å². The van der Waals surface area contributed by atoms with Crippen molar-refractivity contribution in [3.63, 3.8) is 0 Å². The van der Waals surface area contributed by atoms with Crippen LogP contribution in [0, 0.1) is 11.6 Å². The normalized spacial score (nSPS) is 10.5. The molecule has 0 fully saturated rings. The Kier molecular flexibility index (Phi) is 6.60. The molecule has 0 aliphatic heterocycles. The lowest BCUT2D eigenvalue weighted by atomic mass is 10.1. The van der Waals surface area contributed by atoms with Crippen molar-refractivity contribution in [2.24, 2.45) is 0 Å². The molecule has 0 bridgehead atoms. The molecule has 17 heavy (non-hydrogen) atoms. The average molecular weight is 242 g/mol. The lowest BCUT2D eigenvalue weighted by Gasteiger charge is -2.07. The van der Waals surface area contributed by atoms with E-state index in [4.69, 9.17) is 4.74 Å². The molecule has 96 valence electrons. The monoisotopic (exact) mass is 242 g/mol. The molecule has 0 saturated carbocycles. The number of rotatable bonds is 8. The fraction of sp³-hybridized carbons (Fsp3) is 0.571. The molecule has 0 radical (unpaired) electrons. The third-order valence-corrected chi connectivity index (χ3v) is 2.67.